The molecule has 104 valence electrons. The second kappa shape index (κ2) is 6.19. The summed E-state index contributed by atoms with van der Waals surface area (Å²) in [6, 6.07) is 0. The standard InChI is InChI=1S/C11H18F3N3O/c1-8-10(6-15-3)9(2)17(16-8)4-5-18-7-11(12,13)14/h15H,4-7H2,1-3H3. The first-order valence-corrected chi connectivity index (χ1v) is 5.67. The molecule has 1 N–H and O–H groups in total. The normalized spacial score (nSPS) is 12.1. The first-order valence-electron chi connectivity index (χ1n) is 5.67. The molecule has 1 rings (SSSR count). The number of nitrogens with one attached hydrogen (secondary N) is 1. The molecular weight excluding hydrogens is 247 g/mol. The predicted octanol–water partition coefficient (Wildman–Crippen LogP) is 1.80. The highest BCUT2D eigenvalue weighted by atomic mass is 19.4. The van der Waals surface area contributed by atoms with Crippen LogP contribution >= 0.6 is 0 Å². The number of nitrogens with zero attached hydrogens (tertiary/aromatic N) is 2. The molecule has 0 aliphatic carbocycles. The average molecular weight is 265 g/mol. The zero-order chi connectivity index (χ0) is 13.8. The summed E-state index contributed by atoms with van der Waals surface area (Å²) in [6.45, 7) is 3.59. The van der Waals surface area contributed by atoms with Crippen molar-refractivity contribution in [3.05, 3.63) is 17.0 Å². The third kappa shape index (κ3) is 4.30. The first kappa shape index (κ1) is 15.0. The van der Waals surface area contributed by atoms with Gasteiger partial charge in [-0.1, -0.05) is 0 Å². The molecule has 0 amide bonds. The lowest BCUT2D eigenvalue weighted by Crippen LogP contribution is -2.19. The Morgan fingerprint density at radius 1 is 1.33 bits per heavy atom. The fraction of sp³-hybridized carbons (Fsp3) is 0.727. The van der Waals surface area contributed by atoms with Crippen molar-refractivity contribution in [1.29, 1.82) is 0 Å². The van der Waals surface area contributed by atoms with Gasteiger partial charge in [0.25, 0.3) is 0 Å². The van der Waals surface area contributed by atoms with Crippen molar-refractivity contribution in [1.82, 2.24) is 15.1 Å². The molecule has 7 heteroatoms. The van der Waals surface area contributed by atoms with Crippen LogP contribution in [0.25, 0.3) is 0 Å². The third-order valence-electron chi connectivity index (χ3n) is 2.60. The molecule has 1 aromatic heterocycles. The fourth-order valence-corrected chi connectivity index (χ4v) is 1.72. The first-order chi connectivity index (χ1) is 8.35. The van der Waals surface area contributed by atoms with E-state index in [1.54, 1.807) is 4.68 Å². The molecule has 4 nitrogen and oxygen atoms in total. The highest BCUT2D eigenvalue weighted by Crippen LogP contribution is 2.15. The van der Waals surface area contributed by atoms with Crippen LogP contribution in [0.3, 0.4) is 0 Å². The van der Waals surface area contributed by atoms with Crippen molar-refractivity contribution in [3.63, 3.8) is 0 Å². The molecule has 0 aromatic carbocycles. The molecule has 0 fully saturated rings. The smallest absolute Gasteiger partial charge is 0.370 e. The average Bonchev–Trinajstić information content (AvgIpc) is 2.51. The Labute approximate surface area is 104 Å². The van der Waals surface area contributed by atoms with Crippen molar-refractivity contribution < 1.29 is 17.9 Å². The molecule has 0 saturated heterocycles. The summed E-state index contributed by atoms with van der Waals surface area (Å²) in [6.07, 6.45) is -4.27. The predicted molar refractivity (Wildman–Crippen MR) is 61.3 cm³/mol. The van der Waals surface area contributed by atoms with Gasteiger partial charge >= 0.3 is 6.18 Å². The monoisotopic (exact) mass is 265 g/mol. The number of aromatic nitrogens is 2. The molecule has 0 unspecified atom stereocenters. The number of hydrogen-bond acceptors (Lipinski definition) is 3. The maximum atomic E-state index is 11.9. The molecular formula is C11H18F3N3O. The van der Waals surface area contributed by atoms with Gasteiger partial charge < -0.3 is 10.1 Å². The number of rotatable bonds is 6. The van der Waals surface area contributed by atoms with Crippen LogP contribution in [0.5, 0.6) is 0 Å². The molecule has 0 aliphatic heterocycles. The van der Waals surface area contributed by atoms with Crippen LogP contribution in [0.1, 0.15) is 17.0 Å². The number of aryl methyl sites for hydroxylation is 1. The second-order valence-electron chi connectivity index (χ2n) is 4.07. The van der Waals surface area contributed by atoms with Gasteiger partial charge in [0.1, 0.15) is 6.61 Å². The summed E-state index contributed by atoms with van der Waals surface area (Å²) in [5.74, 6) is 0. The Hall–Kier alpha value is -1.08. The summed E-state index contributed by atoms with van der Waals surface area (Å²) in [7, 11) is 1.84. The van der Waals surface area contributed by atoms with Crippen LogP contribution in [0.4, 0.5) is 13.2 Å². The van der Waals surface area contributed by atoms with Gasteiger partial charge in [-0.25, -0.2) is 0 Å². The van der Waals surface area contributed by atoms with Crippen molar-refractivity contribution in [2.45, 2.75) is 33.1 Å². The highest BCUT2D eigenvalue weighted by Gasteiger charge is 2.27. The quantitative estimate of drug-likeness (QED) is 0.797. The Morgan fingerprint density at radius 3 is 2.56 bits per heavy atom. The van der Waals surface area contributed by atoms with Gasteiger partial charge in [0, 0.05) is 17.8 Å². The van der Waals surface area contributed by atoms with Gasteiger partial charge in [-0.3, -0.25) is 4.68 Å². The van der Waals surface area contributed by atoms with E-state index in [9.17, 15) is 13.2 Å². The summed E-state index contributed by atoms with van der Waals surface area (Å²) in [5, 5.41) is 7.31. The van der Waals surface area contributed by atoms with Crippen LogP contribution in [0.15, 0.2) is 0 Å². The molecule has 0 saturated carbocycles. The molecule has 0 aliphatic rings. The summed E-state index contributed by atoms with van der Waals surface area (Å²) in [4.78, 5) is 0. The van der Waals surface area contributed by atoms with Gasteiger partial charge in [-0.2, -0.15) is 18.3 Å². The van der Waals surface area contributed by atoms with Crippen LogP contribution in [-0.4, -0.2) is 36.2 Å². The van der Waals surface area contributed by atoms with E-state index in [4.69, 9.17) is 0 Å². The minimum atomic E-state index is -4.27. The van der Waals surface area contributed by atoms with Crippen LogP contribution in [-0.2, 0) is 17.8 Å². The maximum absolute atomic E-state index is 11.9. The largest absolute Gasteiger partial charge is 0.411 e. The van der Waals surface area contributed by atoms with Gasteiger partial charge in [0.05, 0.1) is 18.8 Å². The van der Waals surface area contributed by atoms with Crippen LogP contribution in [0, 0.1) is 13.8 Å². The van der Waals surface area contributed by atoms with E-state index in [0.717, 1.165) is 17.0 Å². The third-order valence-corrected chi connectivity index (χ3v) is 2.60. The van der Waals surface area contributed by atoms with E-state index in [2.05, 4.69) is 15.2 Å². The Bertz CT molecular complexity index is 388. The Morgan fingerprint density at radius 2 is 2.00 bits per heavy atom. The van der Waals surface area contributed by atoms with Crippen LogP contribution in [0.2, 0.25) is 0 Å². The van der Waals surface area contributed by atoms with Crippen molar-refractivity contribution >= 4 is 0 Å². The minimum Gasteiger partial charge on any atom is -0.370 e. The van der Waals surface area contributed by atoms with Crippen molar-refractivity contribution in [3.8, 4) is 0 Å². The summed E-state index contributed by atoms with van der Waals surface area (Å²) >= 11 is 0. The van der Waals surface area contributed by atoms with Gasteiger partial charge in [-0.05, 0) is 20.9 Å². The molecule has 0 radical (unpaired) electrons. The SMILES string of the molecule is CNCc1c(C)nn(CCOCC(F)(F)F)c1C. The number of halogens is 3. The van der Waals surface area contributed by atoms with E-state index in [1.165, 1.54) is 0 Å². The molecule has 0 bridgehead atoms. The van der Waals surface area contributed by atoms with E-state index >= 15 is 0 Å². The zero-order valence-corrected chi connectivity index (χ0v) is 10.8. The van der Waals surface area contributed by atoms with E-state index in [-0.39, 0.29) is 6.61 Å². The number of alkyl halides is 3. The molecule has 0 atom stereocenters. The van der Waals surface area contributed by atoms with Crippen LogP contribution < -0.4 is 5.32 Å². The lowest BCUT2D eigenvalue weighted by atomic mass is 10.2. The lowest BCUT2D eigenvalue weighted by molar-refractivity contribution is -0.174. The lowest BCUT2D eigenvalue weighted by Gasteiger charge is -2.08. The fourth-order valence-electron chi connectivity index (χ4n) is 1.72. The maximum Gasteiger partial charge on any atom is 0.411 e. The molecule has 1 aromatic rings. The Kier molecular flexibility index (Phi) is 5.15. The zero-order valence-electron chi connectivity index (χ0n) is 10.8. The van der Waals surface area contributed by atoms with Crippen molar-refractivity contribution in [2.75, 3.05) is 20.3 Å². The topological polar surface area (TPSA) is 39.1 Å². The van der Waals surface area contributed by atoms with Gasteiger partial charge in [-0.15, -0.1) is 0 Å². The second-order valence-corrected chi connectivity index (χ2v) is 4.07. The van der Waals surface area contributed by atoms with E-state index in [1.807, 2.05) is 20.9 Å². The van der Waals surface area contributed by atoms with Gasteiger partial charge in [0.2, 0.25) is 0 Å². The summed E-state index contributed by atoms with van der Waals surface area (Å²) < 4.78 is 41.9. The molecule has 1 heterocycles. The van der Waals surface area contributed by atoms with E-state index < -0.39 is 12.8 Å². The Balaban J connectivity index is 2.50. The molecule has 0 spiro atoms. The highest BCUT2D eigenvalue weighted by molar-refractivity contribution is 5.24. The van der Waals surface area contributed by atoms with Gasteiger partial charge in [0.15, 0.2) is 0 Å². The van der Waals surface area contributed by atoms with Crippen molar-refractivity contribution in [2.24, 2.45) is 0 Å². The number of hydrogen-bond donors (Lipinski definition) is 1. The number of ether oxygens (including phenoxy) is 1. The molecule has 18 heavy (non-hydrogen) atoms. The summed E-state index contributed by atoms with van der Waals surface area (Å²) in [5.41, 5.74) is 2.92. The minimum absolute atomic E-state index is 0.000460. The van der Waals surface area contributed by atoms with E-state index in [0.29, 0.717) is 13.1 Å².